The average Bonchev–Trinajstić information content (AvgIpc) is 2.15. The van der Waals surface area contributed by atoms with E-state index in [9.17, 15) is 4.79 Å². The number of carbonyl (C=O) groups is 2. The first kappa shape index (κ1) is 17.3. The summed E-state index contributed by atoms with van der Waals surface area (Å²) in [5.41, 5.74) is 0. The molecule has 0 fully saturated rings. The fourth-order valence-electron chi connectivity index (χ4n) is 1.10. The van der Waals surface area contributed by atoms with Crippen LogP contribution in [0.3, 0.4) is 0 Å². The molecule has 0 aromatic carbocycles. The van der Waals surface area contributed by atoms with Gasteiger partial charge in [0.15, 0.2) is 0 Å². The van der Waals surface area contributed by atoms with E-state index in [0.29, 0.717) is 6.61 Å². The highest BCUT2D eigenvalue weighted by Gasteiger charge is 1.92. The summed E-state index contributed by atoms with van der Waals surface area (Å²) in [6.07, 6.45) is 7.40. The van der Waals surface area contributed by atoms with Crippen LogP contribution in [0.4, 0.5) is 0 Å². The number of carboxylic acid groups (broad SMARTS) is 1. The van der Waals surface area contributed by atoms with Crippen LogP contribution < -0.4 is 0 Å². The van der Waals surface area contributed by atoms with Crippen molar-refractivity contribution in [2.75, 3.05) is 6.61 Å². The lowest BCUT2D eigenvalue weighted by molar-refractivity contribution is -0.141. The summed E-state index contributed by atoms with van der Waals surface area (Å²) in [6.45, 7) is 5.34. The van der Waals surface area contributed by atoms with Crippen molar-refractivity contribution in [3.8, 4) is 0 Å². The van der Waals surface area contributed by atoms with Gasteiger partial charge in [-0.1, -0.05) is 39.0 Å². The Hall–Kier alpha value is -1.06. The number of unbranched alkanes of at least 4 members (excludes halogenated alkanes) is 5. The summed E-state index contributed by atoms with van der Waals surface area (Å²) in [5, 5.41) is 7.42. The maximum atomic E-state index is 10.4. The normalized spacial score (nSPS) is 8.94. The Bertz CT molecular complexity index is 174. The quantitative estimate of drug-likeness (QED) is 0.541. The molecule has 4 heteroatoms. The fourth-order valence-corrected chi connectivity index (χ4v) is 1.10. The third-order valence-electron chi connectivity index (χ3n) is 1.80. The molecular formula is C12H24O4. The summed E-state index contributed by atoms with van der Waals surface area (Å²) < 4.78 is 4.81. The van der Waals surface area contributed by atoms with Gasteiger partial charge in [0.2, 0.25) is 0 Å². The molecule has 0 unspecified atom stereocenters. The van der Waals surface area contributed by atoms with Crippen LogP contribution in [0, 0.1) is 0 Å². The number of carboxylic acids is 1. The van der Waals surface area contributed by atoms with E-state index in [2.05, 4.69) is 6.92 Å². The third-order valence-corrected chi connectivity index (χ3v) is 1.80. The molecule has 0 radical (unpaired) electrons. The van der Waals surface area contributed by atoms with Crippen LogP contribution in [0.1, 0.15) is 59.3 Å². The zero-order chi connectivity index (χ0) is 12.8. The number of ether oxygens (including phenoxy) is 1. The molecule has 0 aromatic rings. The Morgan fingerprint density at radius 3 is 1.88 bits per heavy atom. The highest BCUT2D eigenvalue weighted by Crippen LogP contribution is 2.04. The van der Waals surface area contributed by atoms with E-state index in [-0.39, 0.29) is 5.97 Å². The summed E-state index contributed by atoms with van der Waals surface area (Å²) in [7, 11) is 0. The Balaban J connectivity index is 0. The summed E-state index contributed by atoms with van der Waals surface area (Å²) >= 11 is 0. The number of esters is 1. The van der Waals surface area contributed by atoms with Gasteiger partial charge < -0.3 is 9.84 Å². The predicted octanol–water partition coefficient (Wildman–Crippen LogP) is 3.00. The molecule has 0 atom stereocenters. The second kappa shape index (κ2) is 13.9. The molecule has 0 spiro atoms. The van der Waals surface area contributed by atoms with Crippen LogP contribution in [-0.4, -0.2) is 23.7 Å². The highest BCUT2D eigenvalue weighted by atomic mass is 16.5. The molecule has 4 nitrogen and oxygen atoms in total. The van der Waals surface area contributed by atoms with Gasteiger partial charge in [-0.05, 0) is 6.42 Å². The molecule has 0 bridgehead atoms. The van der Waals surface area contributed by atoms with Crippen molar-refractivity contribution in [1.29, 1.82) is 0 Å². The van der Waals surface area contributed by atoms with Crippen LogP contribution in [0.5, 0.6) is 0 Å². The minimum atomic E-state index is -0.833. The molecule has 0 saturated carbocycles. The lowest BCUT2D eigenvalue weighted by Crippen LogP contribution is -1.99. The topological polar surface area (TPSA) is 63.6 Å². The third kappa shape index (κ3) is 29.3. The number of hydrogen-bond donors (Lipinski definition) is 1. The predicted molar refractivity (Wildman–Crippen MR) is 63.3 cm³/mol. The molecule has 0 saturated heterocycles. The Morgan fingerprint density at radius 2 is 1.44 bits per heavy atom. The molecule has 0 amide bonds. The first-order valence-corrected chi connectivity index (χ1v) is 5.83. The average molecular weight is 232 g/mol. The smallest absolute Gasteiger partial charge is 0.302 e. The largest absolute Gasteiger partial charge is 0.481 e. The molecule has 96 valence electrons. The lowest BCUT2D eigenvalue weighted by Gasteiger charge is -2.01. The van der Waals surface area contributed by atoms with Crippen molar-refractivity contribution in [2.24, 2.45) is 0 Å². The highest BCUT2D eigenvalue weighted by molar-refractivity contribution is 5.65. The molecule has 0 aliphatic heterocycles. The Labute approximate surface area is 98.0 Å². The summed E-state index contributed by atoms with van der Waals surface area (Å²) in [5.74, 6) is -0.997. The molecule has 0 rings (SSSR count). The Kier molecular flexibility index (Phi) is 15.1. The van der Waals surface area contributed by atoms with Crippen LogP contribution in [0.25, 0.3) is 0 Å². The van der Waals surface area contributed by atoms with Gasteiger partial charge in [0.25, 0.3) is 5.97 Å². The zero-order valence-corrected chi connectivity index (χ0v) is 10.6. The van der Waals surface area contributed by atoms with Gasteiger partial charge in [0, 0.05) is 13.8 Å². The molecular weight excluding hydrogens is 208 g/mol. The van der Waals surface area contributed by atoms with Crippen molar-refractivity contribution >= 4 is 11.9 Å². The SMILES string of the molecule is CC(=O)O.CCCCCCCCOC(C)=O. The van der Waals surface area contributed by atoms with Gasteiger partial charge in [0.1, 0.15) is 0 Å². The van der Waals surface area contributed by atoms with Crippen LogP contribution in [0.2, 0.25) is 0 Å². The van der Waals surface area contributed by atoms with E-state index < -0.39 is 5.97 Å². The van der Waals surface area contributed by atoms with Crippen LogP contribution in [0.15, 0.2) is 0 Å². The van der Waals surface area contributed by atoms with Crippen LogP contribution in [-0.2, 0) is 14.3 Å². The van der Waals surface area contributed by atoms with E-state index in [0.717, 1.165) is 13.3 Å². The molecule has 0 heterocycles. The molecule has 16 heavy (non-hydrogen) atoms. The van der Waals surface area contributed by atoms with Gasteiger partial charge in [-0.25, -0.2) is 0 Å². The maximum absolute atomic E-state index is 10.4. The molecule has 0 aliphatic rings. The van der Waals surface area contributed by atoms with Crippen molar-refractivity contribution < 1.29 is 19.4 Å². The van der Waals surface area contributed by atoms with E-state index in [1.807, 2.05) is 0 Å². The molecule has 0 aliphatic carbocycles. The summed E-state index contributed by atoms with van der Waals surface area (Å²) in [6, 6.07) is 0. The van der Waals surface area contributed by atoms with Gasteiger partial charge in [-0.2, -0.15) is 0 Å². The van der Waals surface area contributed by atoms with E-state index in [1.165, 1.54) is 39.0 Å². The van der Waals surface area contributed by atoms with E-state index >= 15 is 0 Å². The lowest BCUT2D eigenvalue weighted by atomic mass is 10.1. The van der Waals surface area contributed by atoms with Crippen molar-refractivity contribution in [3.63, 3.8) is 0 Å². The minimum Gasteiger partial charge on any atom is -0.481 e. The van der Waals surface area contributed by atoms with Gasteiger partial charge in [-0.15, -0.1) is 0 Å². The van der Waals surface area contributed by atoms with Crippen LogP contribution >= 0.6 is 0 Å². The van der Waals surface area contributed by atoms with Gasteiger partial charge >= 0.3 is 5.97 Å². The minimum absolute atomic E-state index is 0.163. The standard InChI is InChI=1S/C10H20O2.C2H4O2/c1-3-4-5-6-7-8-9-12-10(2)11;1-2(3)4/h3-9H2,1-2H3;1H3,(H,3,4). The number of carbonyl (C=O) groups excluding carboxylic acids is 1. The molecule has 0 aromatic heterocycles. The number of rotatable bonds is 7. The second-order valence-corrected chi connectivity index (χ2v) is 3.63. The second-order valence-electron chi connectivity index (χ2n) is 3.63. The van der Waals surface area contributed by atoms with Crippen molar-refractivity contribution in [2.45, 2.75) is 59.3 Å². The fraction of sp³-hybridized carbons (Fsp3) is 0.833. The maximum Gasteiger partial charge on any atom is 0.302 e. The monoisotopic (exact) mass is 232 g/mol. The Morgan fingerprint density at radius 1 is 1.00 bits per heavy atom. The first-order valence-electron chi connectivity index (χ1n) is 5.83. The van der Waals surface area contributed by atoms with Crippen molar-refractivity contribution in [1.82, 2.24) is 0 Å². The van der Waals surface area contributed by atoms with E-state index in [1.54, 1.807) is 0 Å². The van der Waals surface area contributed by atoms with Gasteiger partial charge in [-0.3, -0.25) is 9.59 Å². The van der Waals surface area contributed by atoms with E-state index in [4.69, 9.17) is 14.6 Å². The van der Waals surface area contributed by atoms with Crippen molar-refractivity contribution in [3.05, 3.63) is 0 Å². The number of hydrogen-bond acceptors (Lipinski definition) is 3. The zero-order valence-electron chi connectivity index (χ0n) is 10.6. The molecule has 1 N–H and O–H groups in total. The number of aliphatic carboxylic acids is 1. The van der Waals surface area contributed by atoms with Gasteiger partial charge in [0.05, 0.1) is 6.61 Å². The summed E-state index contributed by atoms with van der Waals surface area (Å²) in [4.78, 5) is 19.4. The first-order chi connectivity index (χ1) is 7.50.